The predicted molar refractivity (Wildman–Crippen MR) is 66.7 cm³/mol. The van der Waals surface area contributed by atoms with Gasteiger partial charge >= 0.3 is 5.97 Å². The Morgan fingerprint density at radius 2 is 2.10 bits per heavy atom. The van der Waals surface area contributed by atoms with Crippen LogP contribution in [-0.2, 0) is 19.6 Å². The van der Waals surface area contributed by atoms with Crippen LogP contribution in [0.15, 0.2) is 23.1 Å². The fourth-order valence-electron chi connectivity index (χ4n) is 1.47. The molecule has 1 aromatic carbocycles. The number of primary amides is 1. The van der Waals surface area contributed by atoms with Gasteiger partial charge in [-0.3, -0.25) is 9.59 Å². The Morgan fingerprint density at radius 3 is 2.57 bits per heavy atom. The maximum absolute atomic E-state index is 13.4. The Bertz CT molecular complexity index is 726. The third-order valence-electron chi connectivity index (χ3n) is 2.38. The lowest BCUT2D eigenvalue weighted by atomic mass is 10.2. The van der Waals surface area contributed by atoms with Gasteiger partial charge in [0, 0.05) is 0 Å². The first kappa shape index (κ1) is 16.5. The summed E-state index contributed by atoms with van der Waals surface area (Å²) in [7, 11) is -4.52. The zero-order chi connectivity index (χ0) is 16.2. The summed E-state index contributed by atoms with van der Waals surface area (Å²) in [5.41, 5.74) is 4.06. The Hall–Kier alpha value is -2.51. The number of aliphatic carboxylic acids is 1. The number of sulfonamides is 1. The van der Waals surface area contributed by atoms with Crippen molar-refractivity contribution in [3.63, 3.8) is 0 Å². The van der Waals surface area contributed by atoms with E-state index in [1.54, 1.807) is 4.72 Å². The topological polar surface area (TPSA) is 150 Å². The number of halogens is 1. The van der Waals surface area contributed by atoms with Crippen molar-refractivity contribution in [2.24, 2.45) is 5.73 Å². The van der Waals surface area contributed by atoms with Crippen LogP contribution < -0.4 is 10.5 Å². The van der Waals surface area contributed by atoms with E-state index in [1.165, 1.54) is 6.07 Å². The molecular weight excluding hydrogens is 305 g/mol. The zero-order valence-electron chi connectivity index (χ0n) is 10.4. The molecule has 1 amide bonds. The maximum Gasteiger partial charge on any atom is 0.322 e. The highest BCUT2D eigenvalue weighted by atomic mass is 32.2. The lowest BCUT2D eigenvalue weighted by Crippen LogP contribution is -2.43. The minimum atomic E-state index is -4.52. The second-order valence-electron chi connectivity index (χ2n) is 3.91. The summed E-state index contributed by atoms with van der Waals surface area (Å²) in [6.07, 6.45) is -0.786. The van der Waals surface area contributed by atoms with E-state index in [4.69, 9.17) is 16.1 Å². The third-order valence-corrected chi connectivity index (χ3v) is 3.89. The van der Waals surface area contributed by atoms with Crippen molar-refractivity contribution >= 4 is 21.9 Å². The fraction of sp³-hybridized carbons (Fsp3) is 0.182. The molecule has 0 fully saturated rings. The number of nitriles is 1. The van der Waals surface area contributed by atoms with Crippen LogP contribution in [0, 0.1) is 17.1 Å². The van der Waals surface area contributed by atoms with Crippen LogP contribution >= 0.6 is 0 Å². The van der Waals surface area contributed by atoms with Crippen molar-refractivity contribution in [2.45, 2.75) is 17.4 Å². The third kappa shape index (κ3) is 3.98. The molecule has 0 spiro atoms. The van der Waals surface area contributed by atoms with Crippen LogP contribution in [0.3, 0.4) is 0 Å². The predicted octanol–water partition coefficient (Wildman–Crippen LogP) is -0.696. The van der Waals surface area contributed by atoms with Gasteiger partial charge < -0.3 is 10.8 Å². The average molecular weight is 315 g/mol. The smallest absolute Gasteiger partial charge is 0.322 e. The Labute approximate surface area is 119 Å². The molecule has 0 heterocycles. The highest BCUT2D eigenvalue weighted by Crippen LogP contribution is 2.18. The van der Waals surface area contributed by atoms with E-state index in [1.807, 2.05) is 0 Å². The van der Waals surface area contributed by atoms with Crippen molar-refractivity contribution in [3.05, 3.63) is 29.6 Å². The van der Waals surface area contributed by atoms with E-state index in [0.717, 1.165) is 18.2 Å². The van der Waals surface area contributed by atoms with Crippen LogP contribution in [-0.4, -0.2) is 31.4 Å². The Balaban J connectivity index is 3.23. The molecule has 1 atom stereocenters. The standard InChI is InChI=1S/C11H10FN3O5S/c12-7-2-1-3-9(6(7)5-13)21(19,20)15-8(11(17)18)4-10(14)16/h1-3,8,15H,4H2,(H2,14,16)(H,17,18)/t8-/m1/s1. The normalized spacial score (nSPS) is 12.4. The summed E-state index contributed by atoms with van der Waals surface area (Å²) in [6, 6.07) is 2.44. The van der Waals surface area contributed by atoms with Crippen LogP contribution in [0.4, 0.5) is 4.39 Å². The summed E-state index contributed by atoms with van der Waals surface area (Å²) < 4.78 is 39.1. The van der Waals surface area contributed by atoms with Crippen LogP contribution in [0.5, 0.6) is 0 Å². The van der Waals surface area contributed by atoms with Crippen LogP contribution in [0.1, 0.15) is 12.0 Å². The van der Waals surface area contributed by atoms with Crippen molar-refractivity contribution in [2.75, 3.05) is 0 Å². The molecule has 112 valence electrons. The Kier molecular flexibility index (Phi) is 4.96. The second-order valence-corrected chi connectivity index (χ2v) is 5.59. The van der Waals surface area contributed by atoms with E-state index in [0.29, 0.717) is 0 Å². The number of nitrogens with two attached hydrogens (primary N) is 1. The number of benzene rings is 1. The molecule has 21 heavy (non-hydrogen) atoms. The first-order chi connectivity index (χ1) is 9.69. The summed E-state index contributed by atoms with van der Waals surface area (Å²) in [5, 5.41) is 17.6. The number of rotatable bonds is 6. The van der Waals surface area contributed by atoms with Gasteiger partial charge in [-0.15, -0.1) is 0 Å². The minimum Gasteiger partial charge on any atom is -0.480 e. The van der Waals surface area contributed by atoms with Gasteiger partial charge in [-0.1, -0.05) is 6.07 Å². The molecule has 0 aromatic heterocycles. The van der Waals surface area contributed by atoms with E-state index in [2.05, 4.69) is 0 Å². The number of carbonyl (C=O) groups excluding carboxylic acids is 1. The minimum absolute atomic E-state index is 0.722. The molecule has 8 nitrogen and oxygen atoms in total. The number of nitrogens with one attached hydrogen (secondary N) is 1. The lowest BCUT2D eigenvalue weighted by Gasteiger charge is -2.14. The molecule has 4 N–H and O–H groups in total. The summed E-state index contributed by atoms with van der Waals surface area (Å²) >= 11 is 0. The van der Waals surface area contributed by atoms with Crippen LogP contribution in [0.2, 0.25) is 0 Å². The molecule has 1 rings (SSSR count). The number of hydrogen-bond acceptors (Lipinski definition) is 5. The van der Waals surface area contributed by atoms with Gasteiger partial charge in [0.25, 0.3) is 0 Å². The first-order valence-electron chi connectivity index (χ1n) is 5.41. The highest BCUT2D eigenvalue weighted by molar-refractivity contribution is 7.89. The second kappa shape index (κ2) is 6.29. The van der Waals surface area contributed by atoms with Gasteiger partial charge in [0.05, 0.1) is 6.42 Å². The first-order valence-corrected chi connectivity index (χ1v) is 6.89. The van der Waals surface area contributed by atoms with Crippen molar-refractivity contribution in [1.82, 2.24) is 4.72 Å². The van der Waals surface area contributed by atoms with Crippen molar-refractivity contribution in [3.8, 4) is 6.07 Å². The molecule has 10 heteroatoms. The molecule has 0 saturated carbocycles. The maximum atomic E-state index is 13.4. The van der Waals surface area contributed by atoms with E-state index >= 15 is 0 Å². The van der Waals surface area contributed by atoms with E-state index in [-0.39, 0.29) is 0 Å². The molecule has 0 aliphatic rings. The molecule has 0 saturated heterocycles. The Morgan fingerprint density at radius 1 is 1.48 bits per heavy atom. The van der Waals surface area contributed by atoms with E-state index < -0.39 is 50.6 Å². The average Bonchev–Trinajstić information content (AvgIpc) is 2.36. The van der Waals surface area contributed by atoms with Gasteiger partial charge in [0.15, 0.2) is 0 Å². The van der Waals surface area contributed by atoms with Crippen molar-refractivity contribution in [1.29, 1.82) is 5.26 Å². The molecular formula is C11H10FN3O5S. The quantitative estimate of drug-likeness (QED) is 0.632. The zero-order valence-corrected chi connectivity index (χ0v) is 11.2. The number of nitrogens with zero attached hydrogens (tertiary/aromatic N) is 1. The summed E-state index contributed by atoms with van der Waals surface area (Å²) in [4.78, 5) is 20.9. The number of amides is 1. The van der Waals surface area contributed by atoms with E-state index in [9.17, 15) is 22.4 Å². The van der Waals surface area contributed by atoms with Gasteiger partial charge in [0.1, 0.15) is 28.4 Å². The fourth-order valence-corrected chi connectivity index (χ4v) is 2.82. The molecule has 0 bridgehead atoms. The molecule has 0 unspecified atom stereocenters. The number of carboxylic acid groups (broad SMARTS) is 1. The van der Waals surface area contributed by atoms with Gasteiger partial charge in [-0.25, -0.2) is 12.8 Å². The van der Waals surface area contributed by atoms with Gasteiger partial charge in [-0.05, 0) is 12.1 Å². The summed E-state index contributed by atoms with van der Waals surface area (Å²) in [5.74, 6) is -3.74. The monoisotopic (exact) mass is 315 g/mol. The summed E-state index contributed by atoms with van der Waals surface area (Å²) in [6.45, 7) is 0. The molecule has 0 radical (unpaired) electrons. The highest BCUT2D eigenvalue weighted by Gasteiger charge is 2.29. The van der Waals surface area contributed by atoms with Gasteiger partial charge in [0.2, 0.25) is 15.9 Å². The molecule has 0 aliphatic heterocycles. The van der Waals surface area contributed by atoms with Gasteiger partial charge in [-0.2, -0.15) is 9.98 Å². The SMILES string of the molecule is N#Cc1c(F)cccc1S(=O)(=O)N[C@H](CC(N)=O)C(=O)O. The molecule has 1 aromatic rings. The number of carbonyl (C=O) groups is 2. The number of carboxylic acids is 1. The lowest BCUT2D eigenvalue weighted by molar-refractivity contribution is -0.140. The van der Waals surface area contributed by atoms with Crippen molar-refractivity contribution < 1.29 is 27.5 Å². The largest absolute Gasteiger partial charge is 0.480 e. The molecule has 0 aliphatic carbocycles. The van der Waals surface area contributed by atoms with Crippen LogP contribution in [0.25, 0.3) is 0 Å². The number of hydrogen-bond donors (Lipinski definition) is 3.